The zero-order valence-corrected chi connectivity index (χ0v) is 16.2. The van der Waals surface area contributed by atoms with E-state index in [0.717, 1.165) is 0 Å². The standard InChI is InChI=1S/C15H29O7P/c1-11(2)23(18,21-9-19-12(16)14(3,4)5)22-10-20-13(17)15(6,7)8/h11H,9-10H2,1-8H3. The molecule has 0 bridgehead atoms. The van der Waals surface area contributed by atoms with Crippen LogP contribution >= 0.6 is 7.60 Å². The highest BCUT2D eigenvalue weighted by Gasteiger charge is 2.32. The Kier molecular flexibility index (Phi) is 7.94. The molecular weight excluding hydrogens is 323 g/mol. The third kappa shape index (κ3) is 7.95. The number of esters is 2. The van der Waals surface area contributed by atoms with E-state index in [9.17, 15) is 14.2 Å². The summed E-state index contributed by atoms with van der Waals surface area (Å²) >= 11 is 0. The van der Waals surface area contributed by atoms with Crippen LogP contribution in [0.25, 0.3) is 0 Å². The fraction of sp³-hybridized carbons (Fsp3) is 0.867. The Morgan fingerprint density at radius 2 is 1.13 bits per heavy atom. The van der Waals surface area contributed by atoms with E-state index >= 15 is 0 Å². The first-order chi connectivity index (χ1) is 10.2. The van der Waals surface area contributed by atoms with Crippen molar-refractivity contribution < 1.29 is 32.7 Å². The highest BCUT2D eigenvalue weighted by atomic mass is 31.2. The van der Waals surface area contributed by atoms with Crippen molar-refractivity contribution in [1.82, 2.24) is 0 Å². The minimum Gasteiger partial charge on any atom is -0.438 e. The van der Waals surface area contributed by atoms with E-state index in [0.29, 0.717) is 0 Å². The normalized spacial score (nSPS) is 13.1. The van der Waals surface area contributed by atoms with Crippen LogP contribution in [-0.4, -0.2) is 31.2 Å². The molecule has 0 spiro atoms. The summed E-state index contributed by atoms with van der Waals surface area (Å²) in [5, 5.41) is 0. The fourth-order valence-corrected chi connectivity index (χ4v) is 2.15. The Morgan fingerprint density at radius 3 is 1.35 bits per heavy atom. The number of hydrogen-bond donors (Lipinski definition) is 0. The summed E-state index contributed by atoms with van der Waals surface area (Å²) in [4.78, 5) is 23.3. The highest BCUT2D eigenvalue weighted by molar-refractivity contribution is 7.54. The van der Waals surface area contributed by atoms with Gasteiger partial charge >= 0.3 is 19.5 Å². The molecular formula is C15H29O7P. The molecule has 23 heavy (non-hydrogen) atoms. The van der Waals surface area contributed by atoms with E-state index in [-0.39, 0.29) is 0 Å². The third-order valence-corrected chi connectivity index (χ3v) is 4.90. The molecule has 0 saturated carbocycles. The van der Waals surface area contributed by atoms with E-state index in [2.05, 4.69) is 0 Å². The van der Waals surface area contributed by atoms with Crippen molar-refractivity contribution in [2.24, 2.45) is 10.8 Å². The molecule has 0 saturated heterocycles. The summed E-state index contributed by atoms with van der Waals surface area (Å²) in [7, 11) is -3.56. The molecule has 0 N–H and O–H groups in total. The monoisotopic (exact) mass is 352 g/mol. The molecule has 0 fully saturated rings. The molecule has 7 nitrogen and oxygen atoms in total. The van der Waals surface area contributed by atoms with Crippen molar-refractivity contribution in [2.75, 3.05) is 13.6 Å². The van der Waals surface area contributed by atoms with Gasteiger partial charge in [-0.05, 0) is 41.5 Å². The molecule has 0 aromatic heterocycles. The van der Waals surface area contributed by atoms with Crippen molar-refractivity contribution in [3.63, 3.8) is 0 Å². The van der Waals surface area contributed by atoms with Gasteiger partial charge in [0, 0.05) is 0 Å². The van der Waals surface area contributed by atoms with Gasteiger partial charge in [0.15, 0.2) is 0 Å². The predicted octanol–water partition coefficient (Wildman–Crippen LogP) is 3.71. The van der Waals surface area contributed by atoms with Crippen molar-refractivity contribution in [3.8, 4) is 0 Å². The first-order valence-electron chi connectivity index (χ1n) is 7.43. The Balaban J connectivity index is 4.51. The Bertz CT molecular complexity index is 421. The fourth-order valence-electron chi connectivity index (χ4n) is 1.08. The van der Waals surface area contributed by atoms with Crippen molar-refractivity contribution in [2.45, 2.75) is 61.0 Å². The molecule has 136 valence electrons. The molecule has 0 amide bonds. The van der Waals surface area contributed by atoms with E-state index in [1.807, 2.05) is 0 Å². The summed E-state index contributed by atoms with van der Waals surface area (Å²) < 4.78 is 32.6. The number of ether oxygens (including phenoxy) is 2. The van der Waals surface area contributed by atoms with E-state index in [4.69, 9.17) is 18.5 Å². The maximum absolute atomic E-state index is 12.5. The van der Waals surface area contributed by atoms with Gasteiger partial charge < -0.3 is 9.47 Å². The van der Waals surface area contributed by atoms with Crippen LogP contribution in [0.4, 0.5) is 0 Å². The largest absolute Gasteiger partial charge is 0.438 e. The molecule has 0 unspecified atom stereocenters. The molecule has 0 aliphatic carbocycles. The molecule has 0 heterocycles. The second-order valence-electron chi connectivity index (χ2n) is 7.49. The molecule has 0 aliphatic rings. The van der Waals surface area contributed by atoms with Crippen LogP contribution in [0.15, 0.2) is 0 Å². The molecule has 0 aliphatic heterocycles. The van der Waals surface area contributed by atoms with Gasteiger partial charge in [-0.1, -0.05) is 13.8 Å². The van der Waals surface area contributed by atoms with E-state index in [1.165, 1.54) is 0 Å². The number of carbonyl (C=O) groups is 2. The quantitative estimate of drug-likeness (QED) is 0.392. The van der Waals surface area contributed by atoms with Crippen LogP contribution in [0, 0.1) is 10.8 Å². The van der Waals surface area contributed by atoms with Gasteiger partial charge in [0.25, 0.3) is 0 Å². The van der Waals surface area contributed by atoms with Crippen molar-refractivity contribution in [3.05, 3.63) is 0 Å². The van der Waals surface area contributed by atoms with Crippen LogP contribution in [0.2, 0.25) is 0 Å². The van der Waals surface area contributed by atoms with E-state index < -0.39 is 49.6 Å². The average molecular weight is 352 g/mol. The van der Waals surface area contributed by atoms with Gasteiger partial charge in [0.2, 0.25) is 13.6 Å². The second kappa shape index (κ2) is 8.27. The number of rotatable bonds is 7. The number of hydrogen-bond acceptors (Lipinski definition) is 7. The lowest BCUT2D eigenvalue weighted by Gasteiger charge is -2.23. The summed E-state index contributed by atoms with van der Waals surface area (Å²) in [5.41, 5.74) is -1.85. The summed E-state index contributed by atoms with van der Waals surface area (Å²) in [6.07, 6.45) is 0. The summed E-state index contributed by atoms with van der Waals surface area (Å²) in [6, 6.07) is 0. The lowest BCUT2D eigenvalue weighted by atomic mass is 9.98. The molecule has 0 atom stereocenters. The second-order valence-corrected chi connectivity index (χ2v) is 10.1. The van der Waals surface area contributed by atoms with Gasteiger partial charge in [-0.15, -0.1) is 0 Å². The van der Waals surface area contributed by atoms with Crippen LogP contribution in [0.5, 0.6) is 0 Å². The lowest BCUT2D eigenvalue weighted by Crippen LogP contribution is -2.25. The summed E-state index contributed by atoms with van der Waals surface area (Å²) in [6.45, 7) is 12.5. The predicted molar refractivity (Wildman–Crippen MR) is 85.7 cm³/mol. The zero-order chi connectivity index (χ0) is 18.5. The van der Waals surface area contributed by atoms with Gasteiger partial charge in [-0.2, -0.15) is 0 Å². The van der Waals surface area contributed by atoms with E-state index in [1.54, 1.807) is 55.4 Å². The van der Waals surface area contributed by atoms with Crippen molar-refractivity contribution in [1.29, 1.82) is 0 Å². The smallest absolute Gasteiger partial charge is 0.338 e. The van der Waals surface area contributed by atoms with Gasteiger partial charge in [0.1, 0.15) is 0 Å². The molecule has 8 heteroatoms. The molecule has 0 rings (SSSR count). The first kappa shape index (κ1) is 22.1. The first-order valence-corrected chi connectivity index (χ1v) is 9.04. The molecule has 0 aromatic rings. The minimum absolute atomic E-state index is 0.480. The van der Waals surface area contributed by atoms with Crippen LogP contribution in [0.3, 0.4) is 0 Å². The lowest BCUT2D eigenvalue weighted by molar-refractivity contribution is -0.162. The Labute approximate surface area is 138 Å². The van der Waals surface area contributed by atoms with Crippen LogP contribution in [0.1, 0.15) is 55.4 Å². The zero-order valence-electron chi connectivity index (χ0n) is 15.3. The highest BCUT2D eigenvalue weighted by Crippen LogP contribution is 2.52. The average Bonchev–Trinajstić information content (AvgIpc) is 2.35. The Hall–Kier alpha value is -0.910. The molecule has 0 aromatic carbocycles. The maximum atomic E-state index is 12.5. The third-order valence-electron chi connectivity index (χ3n) is 2.70. The van der Waals surface area contributed by atoms with Crippen LogP contribution in [-0.2, 0) is 32.7 Å². The minimum atomic E-state index is -3.56. The topological polar surface area (TPSA) is 88.1 Å². The molecule has 0 radical (unpaired) electrons. The van der Waals surface area contributed by atoms with Crippen molar-refractivity contribution >= 4 is 19.5 Å². The van der Waals surface area contributed by atoms with Gasteiger partial charge in [-0.3, -0.25) is 23.2 Å². The number of carbonyl (C=O) groups excluding carboxylic acids is 2. The Morgan fingerprint density at radius 1 is 0.826 bits per heavy atom. The van der Waals surface area contributed by atoms with Gasteiger partial charge in [-0.25, -0.2) is 0 Å². The van der Waals surface area contributed by atoms with Crippen LogP contribution < -0.4 is 0 Å². The summed E-state index contributed by atoms with van der Waals surface area (Å²) in [5.74, 6) is -0.959. The van der Waals surface area contributed by atoms with Gasteiger partial charge in [0.05, 0.1) is 16.5 Å². The SMILES string of the molecule is CC(C)P(=O)(OCOC(=O)C(C)(C)C)OCOC(=O)C(C)(C)C. The maximum Gasteiger partial charge on any atom is 0.338 e.